The second-order valence-electron chi connectivity index (χ2n) is 6.16. The third-order valence-electron chi connectivity index (χ3n) is 4.17. The summed E-state index contributed by atoms with van der Waals surface area (Å²) in [7, 11) is 1.59. The molecule has 0 saturated heterocycles. The molecule has 2 heterocycles. The lowest BCUT2D eigenvalue weighted by molar-refractivity contribution is -0.385. The van der Waals surface area contributed by atoms with E-state index in [0.29, 0.717) is 16.3 Å². The number of carbonyl (C=O) groups excluding carboxylic acids is 1. The molecular weight excluding hydrogens is 400 g/mol. The van der Waals surface area contributed by atoms with E-state index in [4.69, 9.17) is 16.3 Å². The Morgan fingerprint density at radius 2 is 2.03 bits per heavy atom. The van der Waals surface area contributed by atoms with Crippen molar-refractivity contribution >= 4 is 29.2 Å². The summed E-state index contributed by atoms with van der Waals surface area (Å²) in [6.07, 6.45) is -1.32. The molecule has 0 bridgehead atoms. The predicted octanol–water partition coefficient (Wildman–Crippen LogP) is 4.06. The number of ether oxygens (including phenoxy) is 1. The van der Waals surface area contributed by atoms with Gasteiger partial charge in [0, 0.05) is 23.7 Å². The number of nitro groups is 1. The van der Waals surface area contributed by atoms with Crippen LogP contribution in [0.1, 0.15) is 24.3 Å². The van der Waals surface area contributed by atoms with Gasteiger partial charge in [-0.25, -0.2) is 14.5 Å². The van der Waals surface area contributed by atoms with Crippen LogP contribution in [0.2, 0.25) is 5.02 Å². The number of hydrogen-bond acceptors (Lipinski definition) is 7. The zero-order valence-electron chi connectivity index (χ0n) is 15.8. The molecule has 0 aliphatic carbocycles. The Hall–Kier alpha value is -3.53. The monoisotopic (exact) mass is 416 g/mol. The summed E-state index contributed by atoms with van der Waals surface area (Å²) in [5, 5.41) is 21.9. The first kappa shape index (κ1) is 20.2. The van der Waals surface area contributed by atoms with Gasteiger partial charge in [0.15, 0.2) is 11.5 Å². The molecule has 0 aliphatic rings. The molecule has 3 aromatic rings. The van der Waals surface area contributed by atoms with Gasteiger partial charge in [-0.2, -0.15) is 0 Å². The van der Waals surface area contributed by atoms with Crippen molar-refractivity contribution in [1.82, 2.24) is 20.0 Å². The fraction of sp³-hybridized carbons (Fsp3) is 0.222. The van der Waals surface area contributed by atoms with E-state index < -0.39 is 17.1 Å². The average molecular weight is 417 g/mol. The number of nitrogens with one attached hydrogen (secondary N) is 1. The van der Waals surface area contributed by atoms with Crippen LogP contribution in [0.3, 0.4) is 0 Å². The minimum Gasteiger partial charge on any atom is -0.441 e. The first-order valence-electron chi connectivity index (χ1n) is 8.52. The van der Waals surface area contributed by atoms with Crippen LogP contribution in [0.4, 0.5) is 16.3 Å². The van der Waals surface area contributed by atoms with Gasteiger partial charge in [-0.05, 0) is 26.0 Å². The summed E-state index contributed by atoms with van der Waals surface area (Å²) in [6, 6.07) is 9.82. The molecule has 0 spiro atoms. The zero-order valence-corrected chi connectivity index (χ0v) is 16.5. The van der Waals surface area contributed by atoms with Crippen LogP contribution in [-0.4, -0.2) is 31.0 Å². The van der Waals surface area contributed by atoms with Crippen molar-refractivity contribution in [2.45, 2.75) is 20.0 Å². The van der Waals surface area contributed by atoms with E-state index in [1.54, 1.807) is 38.2 Å². The van der Waals surface area contributed by atoms with E-state index in [2.05, 4.69) is 20.6 Å². The molecule has 0 saturated carbocycles. The fourth-order valence-corrected chi connectivity index (χ4v) is 2.99. The molecule has 0 unspecified atom stereocenters. The van der Waals surface area contributed by atoms with Gasteiger partial charge in [0.1, 0.15) is 11.8 Å². The Morgan fingerprint density at radius 1 is 1.31 bits per heavy atom. The van der Waals surface area contributed by atoms with Gasteiger partial charge in [-0.15, -0.1) is 5.10 Å². The minimum atomic E-state index is -0.734. The quantitative estimate of drug-likeness (QED) is 0.491. The molecule has 0 radical (unpaired) electrons. The Morgan fingerprint density at radius 3 is 2.69 bits per heavy atom. The lowest BCUT2D eigenvalue weighted by Gasteiger charge is -2.15. The molecule has 2 aromatic heterocycles. The Bertz CT molecular complexity index is 1080. The largest absolute Gasteiger partial charge is 0.441 e. The normalized spacial score (nSPS) is 11.7. The molecule has 1 amide bonds. The Kier molecular flexibility index (Phi) is 5.74. The van der Waals surface area contributed by atoms with Crippen LogP contribution in [-0.2, 0) is 11.8 Å². The molecule has 1 atom stereocenters. The molecule has 150 valence electrons. The maximum Gasteiger partial charge on any atom is 0.413 e. The number of rotatable bonds is 5. The van der Waals surface area contributed by atoms with Gasteiger partial charge >= 0.3 is 6.09 Å². The maximum absolute atomic E-state index is 12.4. The van der Waals surface area contributed by atoms with Crippen molar-refractivity contribution in [1.29, 1.82) is 0 Å². The molecule has 1 N–H and O–H groups in total. The highest BCUT2D eigenvalue weighted by atomic mass is 35.5. The van der Waals surface area contributed by atoms with Crippen molar-refractivity contribution in [3.05, 3.63) is 62.8 Å². The minimum absolute atomic E-state index is 0.111. The molecule has 3 rings (SSSR count). The highest BCUT2D eigenvalue weighted by Crippen LogP contribution is 2.28. The smallest absolute Gasteiger partial charge is 0.413 e. The van der Waals surface area contributed by atoms with Crippen LogP contribution < -0.4 is 5.32 Å². The van der Waals surface area contributed by atoms with Gasteiger partial charge in [0.05, 0.1) is 10.6 Å². The summed E-state index contributed by atoms with van der Waals surface area (Å²) in [6.45, 7) is 3.22. The zero-order chi connectivity index (χ0) is 21.1. The molecule has 29 heavy (non-hydrogen) atoms. The average Bonchev–Trinajstić information content (AvgIpc) is 3.02. The second-order valence-corrected chi connectivity index (χ2v) is 6.57. The first-order valence-corrected chi connectivity index (χ1v) is 8.90. The fourth-order valence-electron chi connectivity index (χ4n) is 2.70. The number of aryl methyl sites for hydroxylation is 2. The number of anilines is 1. The van der Waals surface area contributed by atoms with E-state index >= 15 is 0 Å². The van der Waals surface area contributed by atoms with Crippen LogP contribution in [0, 0.1) is 17.0 Å². The number of nitrogens with zero attached hydrogens (tertiary/aromatic N) is 5. The van der Waals surface area contributed by atoms with Crippen LogP contribution in [0.15, 0.2) is 36.4 Å². The van der Waals surface area contributed by atoms with Crippen LogP contribution >= 0.6 is 11.6 Å². The molecule has 0 aliphatic heterocycles. The van der Waals surface area contributed by atoms with Crippen LogP contribution in [0.25, 0.3) is 11.4 Å². The number of carbonyl (C=O) groups is 1. The van der Waals surface area contributed by atoms with E-state index in [0.717, 1.165) is 0 Å². The molecule has 11 heteroatoms. The third kappa shape index (κ3) is 4.32. The number of amides is 1. The maximum atomic E-state index is 12.4. The summed E-state index contributed by atoms with van der Waals surface area (Å²) < 4.78 is 6.74. The first-order chi connectivity index (χ1) is 13.8. The lowest BCUT2D eigenvalue weighted by atomic mass is 10.1. The third-order valence-corrected chi connectivity index (χ3v) is 4.52. The number of halogens is 1. The van der Waals surface area contributed by atoms with Gasteiger partial charge < -0.3 is 4.74 Å². The van der Waals surface area contributed by atoms with E-state index in [9.17, 15) is 14.9 Å². The van der Waals surface area contributed by atoms with Gasteiger partial charge in [0.2, 0.25) is 0 Å². The molecule has 10 nitrogen and oxygen atoms in total. The molecular formula is C18H17ClN6O4. The van der Waals surface area contributed by atoms with E-state index in [1.165, 1.54) is 23.7 Å². The number of aromatic nitrogens is 4. The standard InChI is InChI=1S/C18H17ClN6O4/c1-10-15(25(27)28)9-8-14(20-10)16-17(24(3)23-22-16)21-18(26)29-11(2)12-6-4-5-7-13(12)19/h4-9,11H,1-3H3,(H,21,26)/t11-/m1/s1. The van der Waals surface area contributed by atoms with Gasteiger partial charge in [-0.1, -0.05) is 35.0 Å². The van der Waals surface area contributed by atoms with Crippen molar-refractivity contribution in [2.24, 2.45) is 7.05 Å². The number of benzene rings is 1. The summed E-state index contributed by atoms with van der Waals surface area (Å²) in [5.74, 6) is 0.238. The Balaban J connectivity index is 1.81. The summed E-state index contributed by atoms with van der Waals surface area (Å²) in [4.78, 5) is 27.1. The van der Waals surface area contributed by atoms with Crippen molar-refractivity contribution in [3.63, 3.8) is 0 Å². The van der Waals surface area contributed by atoms with E-state index in [-0.39, 0.29) is 22.9 Å². The predicted molar refractivity (Wildman–Crippen MR) is 106 cm³/mol. The molecule has 1 aromatic carbocycles. The van der Waals surface area contributed by atoms with Crippen molar-refractivity contribution in [3.8, 4) is 11.4 Å². The lowest BCUT2D eigenvalue weighted by Crippen LogP contribution is -2.18. The van der Waals surface area contributed by atoms with Crippen molar-refractivity contribution < 1.29 is 14.5 Å². The van der Waals surface area contributed by atoms with Gasteiger partial charge in [0.25, 0.3) is 5.69 Å². The van der Waals surface area contributed by atoms with Crippen molar-refractivity contribution in [2.75, 3.05) is 5.32 Å². The highest BCUT2D eigenvalue weighted by molar-refractivity contribution is 6.31. The Labute approximate surface area is 170 Å². The van der Waals surface area contributed by atoms with E-state index in [1.807, 2.05) is 0 Å². The highest BCUT2D eigenvalue weighted by Gasteiger charge is 2.21. The van der Waals surface area contributed by atoms with Crippen LogP contribution in [0.5, 0.6) is 0 Å². The van der Waals surface area contributed by atoms with Gasteiger partial charge in [-0.3, -0.25) is 15.4 Å². The topological polar surface area (TPSA) is 125 Å². The number of pyridine rings is 1. The summed E-state index contributed by atoms with van der Waals surface area (Å²) in [5.41, 5.74) is 1.36. The second kappa shape index (κ2) is 8.23. The summed E-state index contributed by atoms with van der Waals surface area (Å²) >= 11 is 6.13. The number of hydrogen-bond donors (Lipinski definition) is 1. The SMILES string of the molecule is Cc1nc(-c2nnn(C)c2NC(=O)O[C@H](C)c2ccccc2Cl)ccc1[N+](=O)[O-]. The molecule has 0 fully saturated rings.